The average Bonchev–Trinajstić information content (AvgIpc) is 2.92. The molecule has 0 fully saturated rings. The number of amides is 2. The highest BCUT2D eigenvalue weighted by Crippen LogP contribution is 2.40. The predicted octanol–water partition coefficient (Wildman–Crippen LogP) is 6.40. The lowest BCUT2D eigenvalue weighted by molar-refractivity contribution is 0.123. The predicted molar refractivity (Wildman–Crippen MR) is 136 cm³/mol. The van der Waals surface area contributed by atoms with E-state index in [1.807, 2.05) is 12.1 Å². The van der Waals surface area contributed by atoms with Crippen LogP contribution >= 0.6 is 0 Å². The fourth-order valence-corrected chi connectivity index (χ4v) is 5.70. The molecule has 2 aliphatic heterocycles. The number of urea groups is 1. The third-order valence-corrected chi connectivity index (χ3v) is 7.29. The van der Waals surface area contributed by atoms with Gasteiger partial charge in [-0.2, -0.15) is 0 Å². The maximum absolute atomic E-state index is 14.4. The van der Waals surface area contributed by atoms with E-state index in [1.165, 1.54) is 22.3 Å². The largest absolute Gasteiger partial charge is 0.321 e. The Bertz CT molecular complexity index is 1200. The molecular formula is C31H28N2O. The van der Waals surface area contributed by atoms with Crippen LogP contribution in [0.25, 0.3) is 0 Å². The number of carbonyl (C=O) groups excluding carboxylic acids is 1. The van der Waals surface area contributed by atoms with Crippen LogP contribution in [0, 0.1) is 0 Å². The second-order valence-corrected chi connectivity index (χ2v) is 9.19. The van der Waals surface area contributed by atoms with Crippen LogP contribution in [0.3, 0.4) is 0 Å². The summed E-state index contributed by atoms with van der Waals surface area (Å²) in [6.45, 7) is 1.43. The Kier molecular flexibility index (Phi) is 5.38. The zero-order valence-electron chi connectivity index (χ0n) is 19.2. The lowest BCUT2D eigenvalue weighted by Crippen LogP contribution is -2.51. The van der Waals surface area contributed by atoms with Crippen molar-refractivity contribution < 1.29 is 4.79 Å². The Hall–Kier alpha value is -3.85. The van der Waals surface area contributed by atoms with Gasteiger partial charge in [0.15, 0.2) is 0 Å². The monoisotopic (exact) mass is 444 g/mol. The molecule has 0 aliphatic carbocycles. The molecule has 0 radical (unpaired) electrons. The van der Waals surface area contributed by atoms with Gasteiger partial charge in [-0.25, -0.2) is 4.79 Å². The molecule has 0 unspecified atom stereocenters. The molecule has 2 amide bonds. The molecule has 4 aromatic rings. The summed E-state index contributed by atoms with van der Waals surface area (Å²) in [5, 5.41) is 0. The van der Waals surface area contributed by atoms with Crippen molar-refractivity contribution in [3.8, 4) is 0 Å². The van der Waals surface area contributed by atoms with Gasteiger partial charge in [0.2, 0.25) is 0 Å². The number of nitrogens with zero attached hydrogens (tertiary/aromatic N) is 2. The quantitative estimate of drug-likeness (QED) is 0.351. The van der Waals surface area contributed by atoms with Gasteiger partial charge in [0, 0.05) is 13.1 Å². The van der Waals surface area contributed by atoms with Crippen molar-refractivity contribution in [1.82, 2.24) is 9.80 Å². The van der Waals surface area contributed by atoms with Gasteiger partial charge in [-0.3, -0.25) is 0 Å². The summed E-state index contributed by atoms with van der Waals surface area (Å²) in [5.41, 5.74) is 7.48. The standard InChI is InChI=1S/C31H28N2O/c34-31(32-21-19-23-11-7-9-17-27(23)29(32)25-13-3-1-4-14-25)33-22-20-24-12-8-10-18-28(24)30(33)26-15-5-2-6-16-26/h1-18,29-30H,19-22H2/t29-,30+. The zero-order valence-corrected chi connectivity index (χ0v) is 19.2. The van der Waals surface area contributed by atoms with Crippen molar-refractivity contribution in [2.45, 2.75) is 24.9 Å². The first kappa shape index (κ1) is 20.7. The molecule has 0 bridgehead atoms. The van der Waals surface area contributed by atoms with E-state index in [1.54, 1.807) is 0 Å². The summed E-state index contributed by atoms with van der Waals surface area (Å²) in [6.07, 6.45) is 1.76. The van der Waals surface area contributed by atoms with E-state index >= 15 is 0 Å². The van der Waals surface area contributed by atoms with Gasteiger partial charge in [0.1, 0.15) is 0 Å². The van der Waals surface area contributed by atoms with E-state index in [0.717, 1.165) is 37.1 Å². The molecule has 2 heterocycles. The summed E-state index contributed by atoms with van der Waals surface area (Å²) in [4.78, 5) is 18.6. The Morgan fingerprint density at radius 2 is 0.912 bits per heavy atom. The van der Waals surface area contributed by atoms with Crippen LogP contribution in [0.15, 0.2) is 109 Å². The highest BCUT2D eigenvalue weighted by Gasteiger charge is 2.39. The van der Waals surface area contributed by atoms with E-state index in [2.05, 4.69) is 107 Å². The summed E-state index contributed by atoms with van der Waals surface area (Å²) in [7, 11) is 0. The Morgan fingerprint density at radius 3 is 1.35 bits per heavy atom. The van der Waals surface area contributed by atoms with Gasteiger partial charge >= 0.3 is 6.03 Å². The zero-order chi connectivity index (χ0) is 22.9. The number of benzene rings is 4. The second kappa shape index (κ2) is 8.83. The van der Waals surface area contributed by atoms with Crippen LogP contribution in [0.1, 0.15) is 45.5 Å². The number of hydrogen-bond donors (Lipinski definition) is 0. The van der Waals surface area contributed by atoms with E-state index in [9.17, 15) is 4.79 Å². The maximum atomic E-state index is 14.4. The Balaban J connectivity index is 1.44. The topological polar surface area (TPSA) is 23.6 Å². The summed E-state index contributed by atoms with van der Waals surface area (Å²) >= 11 is 0. The van der Waals surface area contributed by atoms with E-state index in [4.69, 9.17) is 0 Å². The maximum Gasteiger partial charge on any atom is 0.321 e. The molecule has 0 N–H and O–H groups in total. The SMILES string of the molecule is O=C(N1CCc2ccccc2[C@H]1c1ccccc1)N1CCc2ccccc2[C@@H]1c1ccccc1. The van der Waals surface area contributed by atoms with E-state index < -0.39 is 0 Å². The number of carbonyl (C=O) groups is 1. The fraction of sp³-hybridized carbons (Fsp3) is 0.194. The van der Waals surface area contributed by atoms with Crippen LogP contribution in [-0.4, -0.2) is 28.9 Å². The van der Waals surface area contributed by atoms with Crippen molar-refractivity contribution in [1.29, 1.82) is 0 Å². The average molecular weight is 445 g/mol. The van der Waals surface area contributed by atoms with Crippen LogP contribution in [0.5, 0.6) is 0 Å². The molecule has 0 aromatic heterocycles. The first-order chi connectivity index (χ1) is 16.8. The second-order valence-electron chi connectivity index (χ2n) is 9.19. The van der Waals surface area contributed by atoms with Crippen molar-refractivity contribution in [2.24, 2.45) is 0 Å². The third-order valence-electron chi connectivity index (χ3n) is 7.29. The van der Waals surface area contributed by atoms with Gasteiger partial charge in [-0.05, 0) is 46.2 Å². The highest BCUT2D eigenvalue weighted by molar-refractivity contribution is 5.78. The summed E-state index contributed by atoms with van der Waals surface area (Å²) in [6, 6.07) is 38.1. The minimum atomic E-state index is -0.0766. The molecule has 3 nitrogen and oxygen atoms in total. The lowest BCUT2D eigenvalue weighted by Gasteiger charge is -2.44. The number of hydrogen-bond acceptors (Lipinski definition) is 1. The minimum Gasteiger partial charge on any atom is -0.313 e. The molecule has 168 valence electrons. The molecule has 0 saturated carbocycles. The molecule has 6 rings (SSSR count). The van der Waals surface area contributed by atoms with Crippen LogP contribution in [0.2, 0.25) is 0 Å². The molecule has 34 heavy (non-hydrogen) atoms. The van der Waals surface area contributed by atoms with Crippen molar-refractivity contribution in [2.75, 3.05) is 13.1 Å². The normalized spacial score (nSPS) is 19.3. The molecule has 0 saturated heterocycles. The Labute approximate surface area is 201 Å². The minimum absolute atomic E-state index is 0.0766. The third kappa shape index (κ3) is 3.58. The van der Waals surface area contributed by atoms with Crippen molar-refractivity contribution in [3.05, 3.63) is 143 Å². The molecule has 2 atom stereocenters. The number of rotatable bonds is 2. The highest BCUT2D eigenvalue weighted by atomic mass is 16.2. The van der Waals surface area contributed by atoms with Gasteiger partial charge in [0.25, 0.3) is 0 Å². The van der Waals surface area contributed by atoms with Crippen LogP contribution in [-0.2, 0) is 12.8 Å². The van der Waals surface area contributed by atoms with Gasteiger partial charge < -0.3 is 9.80 Å². The fourth-order valence-electron chi connectivity index (χ4n) is 5.70. The molecule has 3 heteroatoms. The molecule has 2 aliphatic rings. The van der Waals surface area contributed by atoms with Gasteiger partial charge in [-0.1, -0.05) is 109 Å². The van der Waals surface area contributed by atoms with Gasteiger partial charge in [-0.15, -0.1) is 0 Å². The molecule has 0 spiro atoms. The lowest BCUT2D eigenvalue weighted by atomic mass is 9.87. The van der Waals surface area contributed by atoms with Crippen molar-refractivity contribution >= 4 is 6.03 Å². The van der Waals surface area contributed by atoms with E-state index in [0.29, 0.717) is 0 Å². The first-order valence-electron chi connectivity index (χ1n) is 12.1. The summed E-state index contributed by atoms with van der Waals surface area (Å²) in [5.74, 6) is 0. The summed E-state index contributed by atoms with van der Waals surface area (Å²) < 4.78 is 0. The Morgan fingerprint density at radius 1 is 0.529 bits per heavy atom. The van der Waals surface area contributed by atoms with Crippen molar-refractivity contribution in [3.63, 3.8) is 0 Å². The molecular weight excluding hydrogens is 416 g/mol. The smallest absolute Gasteiger partial charge is 0.313 e. The van der Waals surface area contributed by atoms with Crippen LogP contribution < -0.4 is 0 Å². The van der Waals surface area contributed by atoms with Gasteiger partial charge in [0.05, 0.1) is 12.1 Å². The van der Waals surface area contributed by atoms with Crippen LogP contribution in [0.4, 0.5) is 4.79 Å². The number of fused-ring (bicyclic) bond motifs is 2. The molecule has 4 aromatic carbocycles. The van der Waals surface area contributed by atoms with E-state index in [-0.39, 0.29) is 18.1 Å². The first-order valence-corrected chi connectivity index (χ1v) is 12.1.